The standard InChI is InChI=1S/C17H25BrN2O/c1-13(2)6-7-19-8-10-20(11-9-19)17(21)16-12-15(18)5-4-14(16)3/h4-5,12-13H,6-11H2,1-3H3. The van der Waals surface area contributed by atoms with Crippen molar-refractivity contribution >= 4 is 21.8 Å². The van der Waals surface area contributed by atoms with Crippen LogP contribution < -0.4 is 0 Å². The zero-order valence-electron chi connectivity index (χ0n) is 13.2. The Bertz CT molecular complexity index is 494. The molecule has 116 valence electrons. The van der Waals surface area contributed by atoms with Crippen molar-refractivity contribution in [2.24, 2.45) is 5.92 Å². The Balaban J connectivity index is 1.92. The molecule has 3 nitrogen and oxygen atoms in total. The summed E-state index contributed by atoms with van der Waals surface area (Å²) in [6.45, 7) is 11.3. The molecule has 2 rings (SSSR count). The second-order valence-electron chi connectivity index (χ2n) is 6.28. The quantitative estimate of drug-likeness (QED) is 0.826. The minimum absolute atomic E-state index is 0.164. The third-order valence-electron chi connectivity index (χ3n) is 4.11. The second-order valence-corrected chi connectivity index (χ2v) is 7.19. The maximum absolute atomic E-state index is 12.6. The van der Waals surface area contributed by atoms with Crippen molar-refractivity contribution in [3.8, 4) is 0 Å². The van der Waals surface area contributed by atoms with Crippen LogP contribution >= 0.6 is 15.9 Å². The van der Waals surface area contributed by atoms with Crippen LogP contribution in [0, 0.1) is 12.8 Å². The number of halogens is 1. The monoisotopic (exact) mass is 352 g/mol. The Morgan fingerprint density at radius 1 is 1.24 bits per heavy atom. The molecule has 0 aliphatic carbocycles. The molecule has 1 aliphatic heterocycles. The summed E-state index contributed by atoms with van der Waals surface area (Å²) >= 11 is 3.45. The number of hydrogen-bond donors (Lipinski definition) is 0. The molecule has 0 unspecified atom stereocenters. The van der Waals surface area contributed by atoms with Crippen LogP contribution in [0.5, 0.6) is 0 Å². The predicted molar refractivity (Wildman–Crippen MR) is 90.7 cm³/mol. The normalized spacial score (nSPS) is 16.5. The van der Waals surface area contributed by atoms with E-state index in [9.17, 15) is 4.79 Å². The Morgan fingerprint density at radius 2 is 1.90 bits per heavy atom. The molecule has 0 atom stereocenters. The molecule has 21 heavy (non-hydrogen) atoms. The Labute approximate surface area is 136 Å². The van der Waals surface area contributed by atoms with E-state index in [0.29, 0.717) is 0 Å². The van der Waals surface area contributed by atoms with Crippen molar-refractivity contribution < 1.29 is 4.79 Å². The number of amides is 1. The topological polar surface area (TPSA) is 23.6 Å². The van der Waals surface area contributed by atoms with E-state index in [-0.39, 0.29) is 5.91 Å². The summed E-state index contributed by atoms with van der Waals surface area (Å²) in [5.41, 5.74) is 1.87. The van der Waals surface area contributed by atoms with Gasteiger partial charge in [0.05, 0.1) is 0 Å². The van der Waals surface area contributed by atoms with Crippen LogP contribution in [0.1, 0.15) is 36.2 Å². The molecular formula is C17H25BrN2O. The molecule has 1 amide bonds. The molecule has 1 aliphatic rings. The highest BCUT2D eigenvalue weighted by atomic mass is 79.9. The lowest BCUT2D eigenvalue weighted by molar-refractivity contribution is 0.0631. The average Bonchev–Trinajstić information content (AvgIpc) is 2.47. The lowest BCUT2D eigenvalue weighted by atomic mass is 10.1. The SMILES string of the molecule is Cc1ccc(Br)cc1C(=O)N1CCN(CCC(C)C)CC1. The maximum Gasteiger partial charge on any atom is 0.254 e. The van der Waals surface area contributed by atoms with Crippen LogP contribution in [-0.2, 0) is 0 Å². The third-order valence-corrected chi connectivity index (χ3v) is 4.61. The number of carbonyl (C=O) groups excluding carboxylic acids is 1. The Hall–Kier alpha value is -0.870. The highest BCUT2D eigenvalue weighted by Crippen LogP contribution is 2.18. The summed E-state index contributed by atoms with van der Waals surface area (Å²) in [7, 11) is 0. The summed E-state index contributed by atoms with van der Waals surface area (Å²) < 4.78 is 0.965. The van der Waals surface area contributed by atoms with Gasteiger partial charge in [-0.15, -0.1) is 0 Å². The van der Waals surface area contributed by atoms with Crippen LogP contribution in [0.4, 0.5) is 0 Å². The third kappa shape index (κ3) is 4.55. The van der Waals surface area contributed by atoms with Crippen molar-refractivity contribution in [2.45, 2.75) is 27.2 Å². The van der Waals surface area contributed by atoms with E-state index >= 15 is 0 Å². The zero-order valence-corrected chi connectivity index (χ0v) is 14.8. The van der Waals surface area contributed by atoms with Gasteiger partial charge in [0.15, 0.2) is 0 Å². The number of piperazine rings is 1. The number of hydrogen-bond acceptors (Lipinski definition) is 2. The van der Waals surface area contributed by atoms with Gasteiger partial charge in [-0.3, -0.25) is 9.69 Å². The van der Waals surface area contributed by atoms with E-state index in [1.807, 2.05) is 30.0 Å². The van der Waals surface area contributed by atoms with Gasteiger partial charge in [0.25, 0.3) is 5.91 Å². The Kier molecular flexibility index (Phi) is 5.82. The van der Waals surface area contributed by atoms with Crippen LogP contribution in [0.2, 0.25) is 0 Å². The zero-order chi connectivity index (χ0) is 15.4. The first-order valence-electron chi connectivity index (χ1n) is 7.75. The molecule has 0 radical (unpaired) electrons. The molecule has 0 saturated carbocycles. The van der Waals surface area contributed by atoms with Crippen LogP contribution in [0.15, 0.2) is 22.7 Å². The van der Waals surface area contributed by atoms with Gasteiger partial charge < -0.3 is 4.90 Å². The predicted octanol–water partition coefficient (Wildman–Crippen LogP) is 3.56. The van der Waals surface area contributed by atoms with E-state index in [4.69, 9.17) is 0 Å². The summed E-state index contributed by atoms with van der Waals surface area (Å²) in [5.74, 6) is 0.909. The summed E-state index contributed by atoms with van der Waals surface area (Å²) in [6, 6.07) is 5.91. The largest absolute Gasteiger partial charge is 0.336 e. The maximum atomic E-state index is 12.6. The fourth-order valence-electron chi connectivity index (χ4n) is 2.61. The van der Waals surface area contributed by atoms with Crippen LogP contribution in [0.3, 0.4) is 0 Å². The molecule has 1 aromatic carbocycles. The lowest BCUT2D eigenvalue weighted by Gasteiger charge is -2.35. The molecule has 4 heteroatoms. The molecular weight excluding hydrogens is 328 g/mol. The highest BCUT2D eigenvalue weighted by molar-refractivity contribution is 9.10. The van der Waals surface area contributed by atoms with Crippen LogP contribution in [0.25, 0.3) is 0 Å². The molecule has 1 fully saturated rings. The van der Waals surface area contributed by atoms with Gasteiger partial charge in [-0.2, -0.15) is 0 Å². The number of aryl methyl sites for hydroxylation is 1. The van der Waals surface area contributed by atoms with Crippen molar-refractivity contribution in [1.29, 1.82) is 0 Å². The van der Waals surface area contributed by atoms with Gasteiger partial charge in [-0.1, -0.05) is 35.8 Å². The second kappa shape index (κ2) is 7.41. The van der Waals surface area contributed by atoms with Crippen molar-refractivity contribution in [1.82, 2.24) is 9.80 Å². The molecule has 1 aromatic rings. The van der Waals surface area contributed by atoms with Gasteiger partial charge in [0, 0.05) is 36.2 Å². The molecule has 0 aromatic heterocycles. The van der Waals surface area contributed by atoms with Crippen molar-refractivity contribution in [3.05, 3.63) is 33.8 Å². The molecule has 0 N–H and O–H groups in total. The van der Waals surface area contributed by atoms with Gasteiger partial charge >= 0.3 is 0 Å². The molecule has 0 spiro atoms. The number of benzene rings is 1. The van der Waals surface area contributed by atoms with E-state index in [2.05, 4.69) is 34.7 Å². The van der Waals surface area contributed by atoms with Crippen molar-refractivity contribution in [2.75, 3.05) is 32.7 Å². The minimum atomic E-state index is 0.164. The van der Waals surface area contributed by atoms with Gasteiger partial charge in [0.2, 0.25) is 0 Å². The number of rotatable bonds is 4. The first-order valence-corrected chi connectivity index (χ1v) is 8.54. The summed E-state index contributed by atoms with van der Waals surface area (Å²) in [4.78, 5) is 17.1. The van der Waals surface area contributed by atoms with Gasteiger partial charge in [0.1, 0.15) is 0 Å². The molecule has 0 bridgehead atoms. The minimum Gasteiger partial charge on any atom is -0.336 e. The van der Waals surface area contributed by atoms with Gasteiger partial charge in [-0.05, 0) is 43.5 Å². The summed E-state index contributed by atoms with van der Waals surface area (Å²) in [6.07, 6.45) is 1.23. The molecule has 1 saturated heterocycles. The smallest absolute Gasteiger partial charge is 0.254 e. The first-order chi connectivity index (χ1) is 9.97. The van der Waals surface area contributed by atoms with E-state index in [1.165, 1.54) is 6.42 Å². The number of carbonyl (C=O) groups is 1. The first kappa shape index (κ1) is 16.5. The van der Waals surface area contributed by atoms with E-state index in [1.54, 1.807) is 0 Å². The molecule has 1 heterocycles. The highest BCUT2D eigenvalue weighted by Gasteiger charge is 2.23. The van der Waals surface area contributed by atoms with E-state index < -0.39 is 0 Å². The lowest BCUT2D eigenvalue weighted by Crippen LogP contribution is -2.49. The van der Waals surface area contributed by atoms with Crippen molar-refractivity contribution in [3.63, 3.8) is 0 Å². The van der Waals surface area contributed by atoms with Crippen LogP contribution in [-0.4, -0.2) is 48.4 Å². The average molecular weight is 353 g/mol. The summed E-state index contributed by atoms with van der Waals surface area (Å²) in [5, 5.41) is 0. The fraction of sp³-hybridized carbons (Fsp3) is 0.588. The van der Waals surface area contributed by atoms with Gasteiger partial charge in [-0.25, -0.2) is 0 Å². The fourth-order valence-corrected chi connectivity index (χ4v) is 2.97. The Morgan fingerprint density at radius 3 is 2.52 bits per heavy atom. The number of nitrogens with zero attached hydrogens (tertiary/aromatic N) is 2. The van der Waals surface area contributed by atoms with E-state index in [0.717, 1.165) is 54.2 Å².